The molecule has 18 heavy (non-hydrogen) atoms. The summed E-state index contributed by atoms with van der Waals surface area (Å²) < 4.78 is 0. The number of carboxylic acids is 1. The zero-order valence-corrected chi connectivity index (χ0v) is 13.8. The van der Waals surface area contributed by atoms with Crippen molar-refractivity contribution >= 4 is 31.7 Å². The fourth-order valence-corrected chi connectivity index (χ4v) is 6.16. The Hall–Kier alpha value is -0.493. The second-order valence-corrected chi connectivity index (χ2v) is 12.7. The highest BCUT2D eigenvalue weighted by molar-refractivity contribution is 8.01. The molecule has 0 rings (SSSR count). The van der Waals surface area contributed by atoms with Gasteiger partial charge in [0.1, 0.15) is 6.04 Å². The van der Waals surface area contributed by atoms with E-state index < -0.39 is 20.1 Å². The molecule has 106 valence electrons. The molecule has 0 spiro atoms. The molecule has 0 bridgehead atoms. The van der Waals surface area contributed by atoms with Gasteiger partial charge in [-0.3, -0.25) is 4.79 Å². The number of hydrogen-bond acceptors (Lipinski definition) is 3. The monoisotopic (exact) mass is 291 g/mol. The van der Waals surface area contributed by atoms with Crippen LogP contribution in [0, 0.1) is 0 Å². The number of thioether (sulfide) groups is 1. The molecule has 0 aromatic heterocycles. The molecular formula is C12H25NO3SSi. The van der Waals surface area contributed by atoms with Crippen molar-refractivity contribution in [3.8, 4) is 0 Å². The predicted molar refractivity (Wildman–Crippen MR) is 79.7 cm³/mol. The maximum atomic E-state index is 11.0. The number of nitrogens with one attached hydrogen (secondary N) is 1. The lowest BCUT2D eigenvalue weighted by atomic mass is 10.3. The van der Waals surface area contributed by atoms with Crippen molar-refractivity contribution in [2.45, 2.75) is 57.2 Å². The van der Waals surface area contributed by atoms with E-state index in [2.05, 4.69) is 31.9 Å². The van der Waals surface area contributed by atoms with Crippen molar-refractivity contribution < 1.29 is 14.7 Å². The summed E-state index contributed by atoms with van der Waals surface area (Å²) in [4.78, 5) is 22.5. The molecule has 0 saturated carbocycles. The first-order valence-corrected chi connectivity index (χ1v) is 10.9. The minimum absolute atomic E-state index is 0.289. The van der Waals surface area contributed by atoms with Crippen LogP contribution < -0.4 is 5.32 Å². The molecule has 0 aliphatic carbocycles. The second kappa shape index (κ2) is 7.84. The molecule has 2 atom stereocenters. The molecule has 0 saturated heterocycles. The first-order valence-electron chi connectivity index (χ1n) is 6.30. The summed E-state index contributed by atoms with van der Waals surface area (Å²) in [5.41, 5.74) is 0. The predicted octanol–water partition coefficient (Wildman–Crippen LogP) is 2.36. The van der Waals surface area contributed by atoms with Crippen LogP contribution in [0.3, 0.4) is 0 Å². The Balaban J connectivity index is 4.46. The van der Waals surface area contributed by atoms with Gasteiger partial charge < -0.3 is 10.4 Å². The maximum absolute atomic E-state index is 11.0. The number of carbonyl (C=O) groups is 2. The summed E-state index contributed by atoms with van der Waals surface area (Å²) in [6.45, 7) is 10.4. The van der Waals surface area contributed by atoms with Gasteiger partial charge in [-0.25, -0.2) is 4.79 Å². The third-order valence-corrected chi connectivity index (χ3v) is 8.66. The first-order chi connectivity index (χ1) is 8.18. The number of aliphatic carboxylic acids is 1. The number of carbonyl (C=O) groups excluding carboxylic acids is 1. The Labute approximate surface area is 115 Å². The molecule has 0 aromatic carbocycles. The molecule has 2 unspecified atom stereocenters. The van der Waals surface area contributed by atoms with Gasteiger partial charge in [0.15, 0.2) is 0 Å². The number of hydrogen-bond donors (Lipinski definition) is 2. The second-order valence-electron chi connectivity index (χ2n) is 5.57. The third-order valence-electron chi connectivity index (χ3n) is 2.66. The van der Waals surface area contributed by atoms with E-state index in [4.69, 9.17) is 5.11 Å². The zero-order chi connectivity index (χ0) is 14.3. The summed E-state index contributed by atoms with van der Waals surface area (Å²) in [5.74, 6) is -0.796. The molecule has 0 aromatic rings. The van der Waals surface area contributed by atoms with Gasteiger partial charge in [-0.1, -0.05) is 33.0 Å². The normalized spacial score (nSPS) is 14.9. The molecule has 2 N–H and O–H groups in total. The SMILES string of the molecule is CCCC(SCC(NC(C)=O)C(=O)O)[Si](C)(C)C. The summed E-state index contributed by atoms with van der Waals surface area (Å²) in [6.07, 6.45) is 2.23. The van der Waals surface area contributed by atoms with Crippen LogP contribution in [0.5, 0.6) is 0 Å². The Kier molecular flexibility index (Phi) is 7.62. The van der Waals surface area contributed by atoms with E-state index in [-0.39, 0.29) is 5.91 Å². The minimum atomic E-state index is -1.29. The van der Waals surface area contributed by atoms with Crippen molar-refractivity contribution in [3.05, 3.63) is 0 Å². The van der Waals surface area contributed by atoms with Gasteiger partial charge in [0.25, 0.3) is 0 Å². The van der Waals surface area contributed by atoms with Crippen LogP contribution in [0.15, 0.2) is 0 Å². The van der Waals surface area contributed by atoms with Gasteiger partial charge in [-0.05, 0) is 11.3 Å². The maximum Gasteiger partial charge on any atom is 0.327 e. The third kappa shape index (κ3) is 7.06. The molecular weight excluding hydrogens is 266 g/mol. The van der Waals surface area contributed by atoms with Gasteiger partial charge >= 0.3 is 5.97 Å². The smallest absolute Gasteiger partial charge is 0.327 e. The van der Waals surface area contributed by atoms with Crippen molar-refractivity contribution in [1.29, 1.82) is 0 Å². The van der Waals surface area contributed by atoms with Crippen LogP contribution in [0.2, 0.25) is 19.6 Å². The molecule has 0 aliphatic heterocycles. The van der Waals surface area contributed by atoms with Gasteiger partial charge in [0, 0.05) is 12.7 Å². The van der Waals surface area contributed by atoms with E-state index in [1.165, 1.54) is 6.92 Å². The van der Waals surface area contributed by atoms with Crippen LogP contribution in [0.4, 0.5) is 0 Å². The van der Waals surface area contributed by atoms with Gasteiger partial charge in [0.2, 0.25) is 5.91 Å². The van der Waals surface area contributed by atoms with Crippen molar-refractivity contribution in [1.82, 2.24) is 5.32 Å². The van der Waals surface area contributed by atoms with Crippen LogP contribution >= 0.6 is 11.8 Å². The number of rotatable bonds is 8. The summed E-state index contributed by atoms with van der Waals surface area (Å²) in [7, 11) is -1.29. The van der Waals surface area contributed by atoms with E-state index in [0.717, 1.165) is 12.8 Å². The molecule has 0 heterocycles. The lowest BCUT2D eigenvalue weighted by Gasteiger charge is -2.29. The zero-order valence-electron chi connectivity index (χ0n) is 11.9. The highest BCUT2D eigenvalue weighted by atomic mass is 32.2. The van der Waals surface area contributed by atoms with Gasteiger partial charge in [-0.15, -0.1) is 0 Å². The summed E-state index contributed by atoms with van der Waals surface area (Å²) in [5, 5.41) is 11.5. The lowest BCUT2D eigenvalue weighted by molar-refractivity contribution is -0.140. The Morgan fingerprint density at radius 3 is 2.22 bits per heavy atom. The highest BCUT2D eigenvalue weighted by Gasteiger charge is 2.28. The summed E-state index contributed by atoms with van der Waals surface area (Å²) in [6, 6.07) is -0.775. The quantitative estimate of drug-likeness (QED) is 0.674. The fourth-order valence-electron chi connectivity index (χ4n) is 1.66. The highest BCUT2D eigenvalue weighted by Crippen LogP contribution is 2.27. The topological polar surface area (TPSA) is 66.4 Å². The molecule has 0 radical (unpaired) electrons. The van der Waals surface area contributed by atoms with E-state index in [1.807, 2.05) is 0 Å². The fraction of sp³-hybridized carbons (Fsp3) is 0.833. The van der Waals surface area contributed by atoms with Crippen LogP contribution in [-0.2, 0) is 9.59 Å². The summed E-state index contributed by atoms with van der Waals surface area (Å²) >= 11 is 1.70. The lowest BCUT2D eigenvalue weighted by Crippen LogP contribution is -2.43. The molecule has 0 aliphatic rings. The van der Waals surface area contributed by atoms with Gasteiger partial charge in [0.05, 0.1) is 8.07 Å². The first kappa shape index (κ1) is 17.5. The van der Waals surface area contributed by atoms with Crippen LogP contribution in [-0.4, -0.2) is 41.7 Å². The van der Waals surface area contributed by atoms with Crippen molar-refractivity contribution in [2.24, 2.45) is 0 Å². The molecule has 4 nitrogen and oxygen atoms in total. The van der Waals surface area contributed by atoms with E-state index in [9.17, 15) is 9.59 Å². The number of carboxylic acid groups (broad SMARTS) is 1. The Morgan fingerprint density at radius 1 is 1.33 bits per heavy atom. The Morgan fingerprint density at radius 2 is 1.89 bits per heavy atom. The number of amides is 1. The molecule has 6 heteroatoms. The minimum Gasteiger partial charge on any atom is -0.480 e. The van der Waals surface area contributed by atoms with Crippen LogP contribution in [0.25, 0.3) is 0 Å². The van der Waals surface area contributed by atoms with Crippen LogP contribution in [0.1, 0.15) is 26.7 Å². The molecule has 0 fully saturated rings. The largest absolute Gasteiger partial charge is 0.480 e. The Bertz CT molecular complexity index is 292. The van der Waals surface area contributed by atoms with Crippen molar-refractivity contribution in [2.75, 3.05) is 5.75 Å². The molecule has 1 amide bonds. The van der Waals surface area contributed by atoms with E-state index >= 15 is 0 Å². The average Bonchev–Trinajstić information content (AvgIpc) is 2.19. The van der Waals surface area contributed by atoms with E-state index in [1.54, 1.807) is 11.8 Å². The average molecular weight is 291 g/mol. The van der Waals surface area contributed by atoms with E-state index in [0.29, 0.717) is 10.6 Å². The standard InChI is InChI=1S/C12H25NO3SSi/c1-6-7-11(18(3,4)5)17-8-10(12(15)16)13-9(2)14/h10-11H,6-8H2,1-5H3,(H,13,14)(H,15,16). The van der Waals surface area contributed by atoms with Gasteiger partial charge in [-0.2, -0.15) is 11.8 Å². The van der Waals surface area contributed by atoms with Crippen molar-refractivity contribution in [3.63, 3.8) is 0 Å².